The minimum atomic E-state index is -3.74. The van der Waals surface area contributed by atoms with Crippen LogP contribution in [0.1, 0.15) is 41.5 Å². The minimum absolute atomic E-state index is 0.275. The van der Waals surface area contributed by atoms with E-state index >= 15 is 0 Å². The highest BCUT2D eigenvalue weighted by molar-refractivity contribution is 7.55. The Kier molecular flexibility index (Phi) is 12.9. The molecule has 0 aliphatic heterocycles. The van der Waals surface area contributed by atoms with E-state index in [1.807, 2.05) is 0 Å². The molecule has 0 spiro atoms. The largest absolute Gasteiger partial charge is 0.686 e. The zero-order chi connectivity index (χ0) is 19.4. The van der Waals surface area contributed by atoms with Gasteiger partial charge in [0.1, 0.15) is 0 Å². The summed E-state index contributed by atoms with van der Waals surface area (Å²) < 4.78 is 57.6. The van der Waals surface area contributed by atoms with Crippen LogP contribution in [0.3, 0.4) is 0 Å². The topological polar surface area (TPSA) is 90.9 Å². The van der Waals surface area contributed by atoms with Gasteiger partial charge in [-0.2, -0.15) is 0 Å². The van der Waals surface area contributed by atoms with Crippen molar-refractivity contribution in [1.82, 2.24) is 0 Å². The smallest absolute Gasteiger partial charge is 0.351 e. The van der Waals surface area contributed by atoms with Crippen LogP contribution in [0.25, 0.3) is 0 Å². The lowest BCUT2D eigenvalue weighted by molar-refractivity contribution is -0.00914. The molecule has 0 aliphatic rings. The third-order valence-corrected chi connectivity index (χ3v) is 10.8. The summed E-state index contributed by atoms with van der Waals surface area (Å²) in [5.74, 6) is 0. The lowest BCUT2D eigenvalue weighted by Gasteiger charge is -2.33. The maximum absolute atomic E-state index is 13.0. The third kappa shape index (κ3) is 9.20. The molecule has 0 aromatic heterocycles. The Hall–Kier alpha value is 0.344. The molecular formula is C13H33O9PSi2. The van der Waals surface area contributed by atoms with Crippen LogP contribution in [-0.4, -0.2) is 64.4 Å². The van der Waals surface area contributed by atoms with Gasteiger partial charge >= 0.3 is 25.7 Å². The van der Waals surface area contributed by atoms with Crippen molar-refractivity contribution in [3.05, 3.63) is 0 Å². The van der Waals surface area contributed by atoms with Crippen molar-refractivity contribution in [3.8, 4) is 0 Å². The highest BCUT2D eigenvalue weighted by atomic mass is 31.2. The Bertz CT molecular complexity index is 334. The van der Waals surface area contributed by atoms with E-state index in [1.165, 1.54) is 6.66 Å². The maximum Gasteiger partial charge on any atom is 0.686 e. The quantitative estimate of drug-likeness (QED) is 0.276. The second kappa shape index (κ2) is 12.7. The van der Waals surface area contributed by atoms with Crippen LogP contribution in [-0.2, 0) is 39.5 Å². The zero-order valence-electron chi connectivity index (χ0n) is 16.4. The van der Waals surface area contributed by atoms with E-state index < -0.39 is 25.7 Å². The van der Waals surface area contributed by atoms with Crippen LogP contribution in [0.4, 0.5) is 0 Å². The molecule has 0 aliphatic carbocycles. The van der Waals surface area contributed by atoms with Crippen LogP contribution in [0.2, 0.25) is 0 Å². The van der Waals surface area contributed by atoms with Crippen molar-refractivity contribution < 1.29 is 39.5 Å². The Labute approximate surface area is 153 Å². The van der Waals surface area contributed by atoms with Crippen molar-refractivity contribution in [2.24, 2.45) is 0 Å². The summed E-state index contributed by atoms with van der Waals surface area (Å²) in [6, 6.07) is 0. The molecule has 0 aromatic rings. The first-order valence-corrected chi connectivity index (χ1v) is 13.9. The van der Waals surface area contributed by atoms with Gasteiger partial charge in [-0.15, -0.1) is 0 Å². The van der Waals surface area contributed by atoms with Gasteiger partial charge in [0, 0.05) is 46.3 Å². The van der Waals surface area contributed by atoms with Gasteiger partial charge in [-0.05, 0) is 41.5 Å². The first kappa shape index (κ1) is 25.3. The molecule has 0 saturated carbocycles. The van der Waals surface area contributed by atoms with Gasteiger partial charge in [0.2, 0.25) is 0 Å². The second-order valence-corrected chi connectivity index (χ2v) is 11.3. The molecule has 0 saturated heterocycles. The summed E-state index contributed by atoms with van der Waals surface area (Å²) in [7, 11) is -11.0. The molecule has 0 amide bonds. The van der Waals surface area contributed by atoms with E-state index in [2.05, 4.69) is 0 Å². The fraction of sp³-hybridized carbons (Fsp3) is 1.00. The molecule has 0 heterocycles. The number of rotatable bonds is 16. The highest BCUT2D eigenvalue weighted by Crippen LogP contribution is 2.50. The standard InChI is InChI=1S/C13H33O9PSi2/c1-8-15-24(16-9-2,17-10-3)21-23(7,14)22-25(18-11-4,19-12-5)20-13-6/h8-13H2,1-7H3. The van der Waals surface area contributed by atoms with Crippen LogP contribution >= 0.6 is 7.60 Å². The third-order valence-electron chi connectivity index (χ3n) is 2.48. The number of hydrogen-bond donors (Lipinski definition) is 0. The van der Waals surface area contributed by atoms with Gasteiger partial charge in [-0.1, -0.05) is 0 Å². The van der Waals surface area contributed by atoms with Crippen LogP contribution in [0, 0.1) is 0 Å². The van der Waals surface area contributed by atoms with E-state index in [9.17, 15) is 4.57 Å². The summed E-state index contributed by atoms with van der Waals surface area (Å²) in [6.45, 7) is 13.6. The van der Waals surface area contributed by atoms with E-state index in [0.29, 0.717) is 0 Å². The predicted octanol–water partition coefficient (Wildman–Crippen LogP) is 2.93. The van der Waals surface area contributed by atoms with Crippen molar-refractivity contribution in [2.75, 3.05) is 46.3 Å². The Balaban J connectivity index is 5.47. The molecule has 0 fully saturated rings. The lowest BCUT2D eigenvalue weighted by atomic mass is 10.9. The van der Waals surface area contributed by atoms with Gasteiger partial charge in [-0.25, -0.2) is 0 Å². The van der Waals surface area contributed by atoms with Crippen molar-refractivity contribution in [3.63, 3.8) is 0 Å². The fourth-order valence-electron chi connectivity index (χ4n) is 1.89. The molecule has 25 heavy (non-hydrogen) atoms. The summed E-state index contributed by atoms with van der Waals surface area (Å²) in [5.41, 5.74) is 0. The molecule has 0 unspecified atom stereocenters. The first-order chi connectivity index (χ1) is 11.8. The normalized spacial score (nSPS) is 13.4. The summed E-state index contributed by atoms with van der Waals surface area (Å²) in [6.07, 6.45) is 0. The molecule has 0 radical (unpaired) electrons. The predicted molar refractivity (Wildman–Crippen MR) is 97.0 cm³/mol. The molecule has 0 rings (SSSR count). The molecular weight excluding hydrogens is 387 g/mol. The van der Waals surface area contributed by atoms with Gasteiger partial charge < -0.3 is 26.6 Å². The summed E-state index contributed by atoms with van der Waals surface area (Å²) in [4.78, 5) is 0. The maximum atomic E-state index is 13.0. The molecule has 0 N–H and O–H groups in total. The zero-order valence-corrected chi connectivity index (χ0v) is 19.3. The van der Waals surface area contributed by atoms with Crippen molar-refractivity contribution in [2.45, 2.75) is 41.5 Å². The van der Waals surface area contributed by atoms with E-state index in [-0.39, 0.29) is 39.6 Å². The van der Waals surface area contributed by atoms with Crippen molar-refractivity contribution >= 4 is 25.7 Å². The minimum Gasteiger partial charge on any atom is -0.351 e. The van der Waals surface area contributed by atoms with Gasteiger partial charge in [0.05, 0.1) is 0 Å². The van der Waals surface area contributed by atoms with Gasteiger partial charge in [-0.3, -0.25) is 13.0 Å². The Morgan fingerprint density at radius 2 is 0.760 bits per heavy atom. The fourth-order valence-corrected chi connectivity index (χ4v) is 9.51. The van der Waals surface area contributed by atoms with E-state index in [1.54, 1.807) is 41.5 Å². The monoisotopic (exact) mass is 420 g/mol. The summed E-state index contributed by atoms with van der Waals surface area (Å²) >= 11 is 0. The van der Waals surface area contributed by atoms with Gasteiger partial charge in [0.25, 0.3) is 0 Å². The summed E-state index contributed by atoms with van der Waals surface area (Å²) in [5, 5.41) is 0. The van der Waals surface area contributed by atoms with Crippen LogP contribution in [0.15, 0.2) is 0 Å². The van der Waals surface area contributed by atoms with Gasteiger partial charge in [0.15, 0.2) is 0 Å². The average Bonchev–Trinajstić information content (AvgIpc) is 2.47. The SMILES string of the molecule is CCO[Si](OCC)(OCC)OP(C)(=O)O[Si](OCC)(OCC)OCC. The lowest BCUT2D eigenvalue weighted by Crippen LogP contribution is -2.51. The van der Waals surface area contributed by atoms with Crippen molar-refractivity contribution in [1.29, 1.82) is 0 Å². The van der Waals surface area contributed by atoms with E-state index in [4.69, 9.17) is 35.0 Å². The molecule has 12 heteroatoms. The second-order valence-electron chi connectivity index (χ2n) is 4.55. The molecule has 9 nitrogen and oxygen atoms in total. The first-order valence-electron chi connectivity index (χ1n) is 8.60. The molecule has 0 aromatic carbocycles. The highest BCUT2D eigenvalue weighted by Gasteiger charge is 2.56. The average molecular weight is 421 g/mol. The molecule has 0 atom stereocenters. The Morgan fingerprint density at radius 3 is 0.920 bits per heavy atom. The van der Waals surface area contributed by atoms with Crippen LogP contribution < -0.4 is 0 Å². The van der Waals surface area contributed by atoms with Crippen LogP contribution in [0.5, 0.6) is 0 Å². The Morgan fingerprint density at radius 1 is 0.560 bits per heavy atom. The molecule has 152 valence electrons. The number of hydrogen-bond acceptors (Lipinski definition) is 9. The van der Waals surface area contributed by atoms with E-state index in [0.717, 1.165) is 0 Å². The molecule has 0 bridgehead atoms.